The summed E-state index contributed by atoms with van der Waals surface area (Å²) in [4.78, 5) is 0. The lowest BCUT2D eigenvalue weighted by atomic mass is 9.47. The highest BCUT2D eigenvalue weighted by Crippen LogP contribution is 2.71. The Hall–Kier alpha value is -0.120. The highest BCUT2D eigenvalue weighted by atomic mass is 16.5. The van der Waals surface area contributed by atoms with Gasteiger partial charge in [-0.05, 0) is 117 Å². The zero-order valence-electron chi connectivity index (χ0n) is 23.5. The summed E-state index contributed by atoms with van der Waals surface area (Å²) in [6, 6.07) is 0. The lowest BCUT2D eigenvalue weighted by molar-refractivity contribution is -0.176. The second-order valence-corrected chi connectivity index (χ2v) is 14.7. The molecule has 3 nitrogen and oxygen atoms in total. The quantitative estimate of drug-likeness (QED) is 0.369. The van der Waals surface area contributed by atoms with E-state index in [1.54, 1.807) is 0 Å². The highest BCUT2D eigenvalue weighted by Gasteiger charge is 2.66. The van der Waals surface area contributed by atoms with E-state index in [4.69, 9.17) is 4.74 Å². The van der Waals surface area contributed by atoms with Gasteiger partial charge in [-0.3, -0.25) is 0 Å². The molecule has 9 atom stereocenters. The minimum Gasteiger partial charge on any atom is -0.394 e. The number of fused-ring (bicyclic) bond motifs is 5. The molecule has 3 heteroatoms. The van der Waals surface area contributed by atoms with Crippen molar-refractivity contribution in [2.75, 3.05) is 13.2 Å². The van der Waals surface area contributed by atoms with Crippen LogP contribution in [0.2, 0.25) is 0 Å². The van der Waals surface area contributed by atoms with Gasteiger partial charge in [0.1, 0.15) is 0 Å². The van der Waals surface area contributed by atoms with Crippen molar-refractivity contribution in [2.24, 2.45) is 52.3 Å². The molecule has 0 unspecified atom stereocenters. The topological polar surface area (TPSA) is 49.7 Å². The molecular weight excluding hydrogens is 420 g/mol. The fraction of sp³-hybridized carbons (Fsp3) is 1.00. The summed E-state index contributed by atoms with van der Waals surface area (Å²) in [5, 5.41) is 20.7. The molecule has 0 bridgehead atoms. The number of aliphatic hydroxyl groups excluding tert-OH is 1. The van der Waals surface area contributed by atoms with Crippen LogP contribution in [0.15, 0.2) is 0 Å². The highest BCUT2D eigenvalue weighted by molar-refractivity contribution is 5.16. The maximum Gasteiger partial charge on any atom is 0.0971 e. The van der Waals surface area contributed by atoms with Crippen LogP contribution >= 0.6 is 0 Å². The molecule has 0 radical (unpaired) electrons. The molecule has 4 aliphatic carbocycles. The third kappa shape index (κ3) is 4.43. The largest absolute Gasteiger partial charge is 0.394 e. The lowest BCUT2D eigenvalue weighted by Gasteiger charge is -2.58. The van der Waals surface area contributed by atoms with Gasteiger partial charge in [-0.1, -0.05) is 53.9 Å². The summed E-state index contributed by atoms with van der Waals surface area (Å²) >= 11 is 0. The molecule has 4 fully saturated rings. The first-order valence-electron chi connectivity index (χ1n) is 14.8. The molecule has 4 rings (SSSR count). The van der Waals surface area contributed by atoms with Crippen molar-refractivity contribution in [1.82, 2.24) is 0 Å². The van der Waals surface area contributed by atoms with Crippen LogP contribution in [0.4, 0.5) is 0 Å². The van der Waals surface area contributed by atoms with Gasteiger partial charge in [-0.2, -0.15) is 0 Å². The summed E-state index contributed by atoms with van der Waals surface area (Å²) in [6.45, 7) is 16.7. The maximum atomic E-state index is 11.2. The Kier molecular flexibility index (Phi) is 7.63. The third-order valence-corrected chi connectivity index (χ3v) is 12.1. The first-order chi connectivity index (χ1) is 15.9. The molecule has 0 saturated heterocycles. The number of hydrogen-bond donors (Lipinski definition) is 2. The van der Waals surface area contributed by atoms with Gasteiger partial charge in [0.15, 0.2) is 0 Å². The Balaban J connectivity index is 1.51. The van der Waals surface area contributed by atoms with Gasteiger partial charge < -0.3 is 14.9 Å². The van der Waals surface area contributed by atoms with Crippen molar-refractivity contribution in [3.63, 3.8) is 0 Å². The van der Waals surface area contributed by atoms with E-state index in [9.17, 15) is 10.2 Å². The molecule has 4 saturated carbocycles. The van der Waals surface area contributed by atoms with E-state index in [1.165, 1.54) is 57.8 Å². The van der Waals surface area contributed by atoms with Crippen molar-refractivity contribution in [1.29, 1.82) is 0 Å². The van der Waals surface area contributed by atoms with E-state index in [1.807, 2.05) is 13.8 Å². The number of hydrogen-bond acceptors (Lipinski definition) is 3. The van der Waals surface area contributed by atoms with Gasteiger partial charge in [0.05, 0.1) is 24.4 Å². The molecule has 0 spiro atoms. The van der Waals surface area contributed by atoms with Crippen molar-refractivity contribution in [3.8, 4) is 0 Å². The standard InChI is InChI=1S/C31H56O3/c1-21(2)9-8-10-22(3)25-13-14-26-24-12-11-23-19-31(28(4,5)33,34-18-17-32)20-30(23,7)27(24)15-16-29(25,26)6/h21-27,32-33H,8-20H2,1-7H3/t22-,23+,24+,25-,26+,27+,29-,30+,31+/m1/s1. The first-order valence-corrected chi connectivity index (χ1v) is 14.8. The van der Waals surface area contributed by atoms with Crippen molar-refractivity contribution >= 4 is 0 Å². The molecular formula is C31H56O3. The average molecular weight is 477 g/mol. The third-order valence-electron chi connectivity index (χ3n) is 12.1. The molecule has 2 N–H and O–H groups in total. The summed E-state index contributed by atoms with van der Waals surface area (Å²) < 4.78 is 6.35. The van der Waals surface area contributed by atoms with Crippen LogP contribution in [-0.4, -0.2) is 34.6 Å². The molecule has 0 aromatic heterocycles. The molecule has 4 aliphatic rings. The number of ether oxygens (including phenoxy) is 1. The summed E-state index contributed by atoms with van der Waals surface area (Å²) in [6.07, 6.45) is 14.4. The van der Waals surface area contributed by atoms with Gasteiger partial charge in [-0.15, -0.1) is 0 Å². The molecule has 0 aromatic carbocycles. The summed E-state index contributed by atoms with van der Waals surface area (Å²) in [5.74, 6) is 5.73. The van der Waals surface area contributed by atoms with E-state index in [0.717, 1.165) is 48.3 Å². The van der Waals surface area contributed by atoms with Crippen molar-refractivity contribution < 1.29 is 14.9 Å². The Bertz CT molecular complexity index is 697. The predicted molar refractivity (Wildman–Crippen MR) is 141 cm³/mol. The predicted octanol–water partition coefficient (Wildman–Crippen LogP) is 7.24. The van der Waals surface area contributed by atoms with E-state index in [-0.39, 0.29) is 12.0 Å². The summed E-state index contributed by atoms with van der Waals surface area (Å²) in [5.41, 5.74) is -0.624. The minimum absolute atomic E-state index is 0.0302. The SMILES string of the molecule is CC(C)CCC[C@@H](C)[C@H]1CC[C@H]2[C@@H]3CC[C@H]4C[C@@](OCCO)(C(C)(C)O)C[C@]4(C)[C@H]3CC[C@]12C. The fourth-order valence-electron chi connectivity index (χ4n) is 10.2. The maximum absolute atomic E-state index is 11.2. The van der Waals surface area contributed by atoms with Gasteiger partial charge in [0.25, 0.3) is 0 Å². The fourth-order valence-corrected chi connectivity index (χ4v) is 10.2. The number of rotatable bonds is 9. The van der Waals surface area contributed by atoms with E-state index in [2.05, 4.69) is 34.6 Å². The number of aliphatic hydroxyl groups is 2. The molecule has 198 valence electrons. The molecule has 34 heavy (non-hydrogen) atoms. The normalized spacial score (nSPS) is 45.2. The van der Waals surface area contributed by atoms with Crippen molar-refractivity contribution in [3.05, 3.63) is 0 Å². The van der Waals surface area contributed by atoms with Gasteiger partial charge in [0.2, 0.25) is 0 Å². The minimum atomic E-state index is -0.884. The van der Waals surface area contributed by atoms with E-state index < -0.39 is 11.2 Å². The van der Waals surface area contributed by atoms with Crippen LogP contribution in [0.3, 0.4) is 0 Å². The lowest BCUT2D eigenvalue weighted by Crippen LogP contribution is -2.53. The second kappa shape index (κ2) is 9.64. The Morgan fingerprint density at radius 1 is 0.941 bits per heavy atom. The van der Waals surface area contributed by atoms with E-state index >= 15 is 0 Å². The smallest absolute Gasteiger partial charge is 0.0971 e. The zero-order valence-corrected chi connectivity index (χ0v) is 23.5. The Labute approximate surface area is 210 Å². The van der Waals surface area contributed by atoms with Crippen molar-refractivity contribution in [2.45, 2.75) is 130 Å². The second-order valence-electron chi connectivity index (χ2n) is 14.7. The van der Waals surface area contributed by atoms with E-state index in [0.29, 0.717) is 17.9 Å². The van der Waals surface area contributed by atoms with Crippen LogP contribution in [0.5, 0.6) is 0 Å². The molecule has 0 aromatic rings. The van der Waals surface area contributed by atoms with Crippen LogP contribution < -0.4 is 0 Å². The van der Waals surface area contributed by atoms with Gasteiger partial charge in [-0.25, -0.2) is 0 Å². The van der Waals surface area contributed by atoms with Crippen LogP contribution in [0.1, 0.15) is 119 Å². The van der Waals surface area contributed by atoms with Gasteiger partial charge >= 0.3 is 0 Å². The Morgan fingerprint density at radius 3 is 2.29 bits per heavy atom. The monoisotopic (exact) mass is 476 g/mol. The average Bonchev–Trinajstić information content (AvgIpc) is 3.26. The van der Waals surface area contributed by atoms with Crippen LogP contribution in [0, 0.1) is 52.3 Å². The first kappa shape index (κ1) is 26.9. The molecule has 0 aliphatic heterocycles. The van der Waals surface area contributed by atoms with Crippen LogP contribution in [0.25, 0.3) is 0 Å². The molecule has 0 heterocycles. The zero-order chi connectivity index (χ0) is 24.9. The van der Waals surface area contributed by atoms with Gasteiger partial charge in [0, 0.05) is 0 Å². The molecule has 0 amide bonds. The Morgan fingerprint density at radius 2 is 1.65 bits per heavy atom. The van der Waals surface area contributed by atoms with Crippen LogP contribution in [-0.2, 0) is 4.74 Å². The summed E-state index contributed by atoms with van der Waals surface area (Å²) in [7, 11) is 0.